The molecule has 0 bridgehead atoms. The number of urea groups is 1. The van der Waals surface area contributed by atoms with Gasteiger partial charge in [-0.25, -0.2) is 9.59 Å². The van der Waals surface area contributed by atoms with Gasteiger partial charge in [0.05, 0.1) is 44.2 Å². The van der Waals surface area contributed by atoms with Crippen LogP contribution in [0.15, 0.2) is 48.0 Å². The van der Waals surface area contributed by atoms with Crippen LogP contribution < -0.4 is 24.8 Å². The van der Waals surface area contributed by atoms with E-state index in [0.29, 0.717) is 52.9 Å². The second kappa shape index (κ2) is 11.3. The molecule has 1 atom stereocenters. The molecule has 2 N–H and O–H groups in total. The molecule has 2 aromatic rings. The first-order valence-electron chi connectivity index (χ1n) is 11.0. The lowest BCUT2D eigenvalue weighted by Crippen LogP contribution is -2.45. The summed E-state index contributed by atoms with van der Waals surface area (Å²) in [6, 6.07) is 11.3. The third kappa shape index (κ3) is 5.58. The molecule has 0 radical (unpaired) electrons. The van der Waals surface area contributed by atoms with Crippen LogP contribution in [0.4, 0.5) is 4.79 Å². The van der Waals surface area contributed by atoms with Crippen LogP contribution in [0.2, 0.25) is 0 Å². The lowest BCUT2D eigenvalue weighted by atomic mass is 9.92. The number of amides is 2. The van der Waals surface area contributed by atoms with Crippen molar-refractivity contribution in [1.29, 1.82) is 0 Å². The van der Waals surface area contributed by atoms with E-state index in [9.17, 15) is 9.59 Å². The summed E-state index contributed by atoms with van der Waals surface area (Å²) >= 11 is 0. The van der Waals surface area contributed by atoms with E-state index < -0.39 is 18.0 Å². The number of rotatable bonds is 10. The number of ether oxygens (including phenoxy) is 4. The van der Waals surface area contributed by atoms with E-state index in [1.54, 1.807) is 50.4 Å². The molecular formula is C25H30N2O6. The summed E-state index contributed by atoms with van der Waals surface area (Å²) in [6.45, 7) is 6.85. The Balaban J connectivity index is 2.12. The summed E-state index contributed by atoms with van der Waals surface area (Å²) in [7, 11) is 1.57. The van der Waals surface area contributed by atoms with Gasteiger partial charge in [-0.2, -0.15) is 0 Å². The summed E-state index contributed by atoms with van der Waals surface area (Å²) in [5.41, 5.74) is 2.01. The van der Waals surface area contributed by atoms with E-state index in [0.717, 1.165) is 6.42 Å². The molecule has 3 rings (SSSR count). The number of hydrogen-bond donors (Lipinski definition) is 2. The van der Waals surface area contributed by atoms with E-state index in [1.165, 1.54) is 0 Å². The van der Waals surface area contributed by atoms with Gasteiger partial charge in [0.25, 0.3) is 0 Å². The summed E-state index contributed by atoms with van der Waals surface area (Å²) in [5.74, 6) is 1.30. The largest absolute Gasteiger partial charge is 0.497 e. The number of esters is 1. The van der Waals surface area contributed by atoms with Gasteiger partial charge in [0.2, 0.25) is 0 Å². The van der Waals surface area contributed by atoms with E-state index in [-0.39, 0.29) is 6.61 Å². The minimum Gasteiger partial charge on any atom is -0.497 e. The van der Waals surface area contributed by atoms with Gasteiger partial charge in [-0.1, -0.05) is 13.0 Å². The van der Waals surface area contributed by atoms with Crippen LogP contribution in [-0.2, 0) is 9.53 Å². The van der Waals surface area contributed by atoms with Crippen molar-refractivity contribution in [3.63, 3.8) is 0 Å². The number of methoxy groups -OCH3 is 1. The van der Waals surface area contributed by atoms with Crippen LogP contribution in [0.3, 0.4) is 0 Å². The lowest BCUT2D eigenvalue weighted by Gasteiger charge is -2.30. The standard InChI is InChI=1S/C25H30N2O6/c1-5-14-33-19-13-10-17(15-20(19)31-6-2)23-21(24(28)32-7-3)22(26-25(29)27-23)16-8-11-18(30-4)12-9-16/h8-13,15,23H,5-7,14H2,1-4H3,(H2,26,27,29). The van der Waals surface area contributed by atoms with Crippen molar-refractivity contribution < 1.29 is 28.5 Å². The second-order valence-corrected chi connectivity index (χ2v) is 7.26. The fourth-order valence-corrected chi connectivity index (χ4v) is 3.53. The molecule has 2 amide bonds. The van der Waals surface area contributed by atoms with Gasteiger partial charge < -0.3 is 29.6 Å². The maximum absolute atomic E-state index is 13.1. The van der Waals surface area contributed by atoms with Crippen LogP contribution in [0.5, 0.6) is 17.2 Å². The molecule has 1 unspecified atom stereocenters. The van der Waals surface area contributed by atoms with Gasteiger partial charge in [-0.3, -0.25) is 0 Å². The first-order valence-corrected chi connectivity index (χ1v) is 11.0. The first kappa shape index (κ1) is 24.0. The highest BCUT2D eigenvalue weighted by Crippen LogP contribution is 2.37. The number of carbonyl (C=O) groups excluding carboxylic acids is 2. The molecule has 2 aromatic carbocycles. The van der Waals surface area contributed by atoms with Crippen molar-refractivity contribution in [1.82, 2.24) is 10.6 Å². The van der Waals surface area contributed by atoms with E-state index in [1.807, 2.05) is 19.9 Å². The molecular weight excluding hydrogens is 424 g/mol. The van der Waals surface area contributed by atoms with Crippen molar-refractivity contribution in [2.24, 2.45) is 0 Å². The highest BCUT2D eigenvalue weighted by Gasteiger charge is 2.35. The summed E-state index contributed by atoms with van der Waals surface area (Å²) in [5, 5.41) is 5.62. The third-order valence-electron chi connectivity index (χ3n) is 5.01. The Morgan fingerprint density at radius 2 is 1.73 bits per heavy atom. The van der Waals surface area contributed by atoms with E-state index in [4.69, 9.17) is 18.9 Å². The average Bonchev–Trinajstić information content (AvgIpc) is 2.83. The number of carbonyl (C=O) groups is 2. The highest BCUT2D eigenvalue weighted by molar-refractivity contribution is 6.04. The first-order chi connectivity index (χ1) is 16.0. The van der Waals surface area contributed by atoms with Crippen molar-refractivity contribution >= 4 is 17.7 Å². The zero-order valence-electron chi connectivity index (χ0n) is 19.4. The summed E-state index contributed by atoms with van der Waals surface area (Å²) < 4.78 is 22.1. The van der Waals surface area contributed by atoms with Crippen LogP contribution >= 0.6 is 0 Å². The Morgan fingerprint density at radius 3 is 2.36 bits per heavy atom. The van der Waals surface area contributed by atoms with Crippen molar-refractivity contribution in [2.45, 2.75) is 33.2 Å². The zero-order valence-corrected chi connectivity index (χ0v) is 19.4. The monoisotopic (exact) mass is 454 g/mol. The average molecular weight is 455 g/mol. The number of hydrogen-bond acceptors (Lipinski definition) is 6. The molecule has 0 aliphatic carbocycles. The quantitative estimate of drug-likeness (QED) is 0.522. The molecule has 0 saturated heterocycles. The number of nitrogens with one attached hydrogen (secondary N) is 2. The fraction of sp³-hybridized carbons (Fsp3) is 0.360. The van der Waals surface area contributed by atoms with Crippen molar-refractivity contribution in [2.75, 3.05) is 26.9 Å². The Bertz CT molecular complexity index is 1020. The van der Waals surface area contributed by atoms with E-state index >= 15 is 0 Å². The van der Waals surface area contributed by atoms with Crippen LogP contribution in [0.1, 0.15) is 44.4 Å². The molecule has 8 heteroatoms. The Hall–Kier alpha value is -3.68. The molecule has 8 nitrogen and oxygen atoms in total. The smallest absolute Gasteiger partial charge is 0.338 e. The molecule has 176 valence electrons. The Kier molecular flexibility index (Phi) is 8.18. The predicted molar refractivity (Wildman–Crippen MR) is 124 cm³/mol. The Morgan fingerprint density at radius 1 is 0.970 bits per heavy atom. The van der Waals surface area contributed by atoms with Gasteiger partial charge in [0, 0.05) is 0 Å². The SMILES string of the molecule is CCCOc1ccc(C2NC(=O)NC(c3ccc(OC)cc3)=C2C(=O)OCC)cc1OCC. The van der Waals surface area contributed by atoms with Gasteiger partial charge in [0.15, 0.2) is 11.5 Å². The van der Waals surface area contributed by atoms with Crippen molar-refractivity contribution in [3.8, 4) is 17.2 Å². The van der Waals surface area contributed by atoms with Gasteiger partial charge >= 0.3 is 12.0 Å². The normalized spacial score (nSPS) is 15.4. The fourth-order valence-electron chi connectivity index (χ4n) is 3.53. The maximum atomic E-state index is 13.1. The molecule has 0 aromatic heterocycles. The number of benzene rings is 2. The third-order valence-corrected chi connectivity index (χ3v) is 5.01. The van der Waals surface area contributed by atoms with Crippen LogP contribution in [-0.4, -0.2) is 38.9 Å². The molecule has 33 heavy (non-hydrogen) atoms. The van der Waals surface area contributed by atoms with Crippen LogP contribution in [0, 0.1) is 0 Å². The maximum Gasteiger partial charge on any atom is 0.338 e. The molecule has 1 aliphatic heterocycles. The topological polar surface area (TPSA) is 95.1 Å². The predicted octanol–water partition coefficient (Wildman–Crippen LogP) is 4.21. The van der Waals surface area contributed by atoms with Crippen molar-refractivity contribution in [3.05, 3.63) is 59.2 Å². The zero-order chi connectivity index (χ0) is 23.8. The molecule has 1 heterocycles. The summed E-state index contributed by atoms with van der Waals surface area (Å²) in [6.07, 6.45) is 0.860. The van der Waals surface area contributed by atoms with Gasteiger partial charge in [-0.05, 0) is 67.8 Å². The molecule has 0 saturated carbocycles. The summed E-state index contributed by atoms with van der Waals surface area (Å²) in [4.78, 5) is 25.7. The highest BCUT2D eigenvalue weighted by atomic mass is 16.5. The minimum absolute atomic E-state index is 0.201. The molecule has 1 aliphatic rings. The molecule has 0 fully saturated rings. The van der Waals surface area contributed by atoms with E-state index in [2.05, 4.69) is 10.6 Å². The molecule has 0 spiro atoms. The Labute approximate surface area is 193 Å². The van der Waals surface area contributed by atoms with Gasteiger partial charge in [-0.15, -0.1) is 0 Å². The van der Waals surface area contributed by atoms with Crippen LogP contribution in [0.25, 0.3) is 5.70 Å². The second-order valence-electron chi connectivity index (χ2n) is 7.26. The van der Waals surface area contributed by atoms with Gasteiger partial charge in [0.1, 0.15) is 5.75 Å². The minimum atomic E-state index is -0.741. The lowest BCUT2D eigenvalue weighted by molar-refractivity contribution is -0.138.